The molecular formula is C19H17N5O2. The van der Waals surface area contributed by atoms with E-state index in [9.17, 15) is 9.59 Å². The lowest BCUT2D eigenvalue weighted by molar-refractivity contribution is -0.121. The number of anilines is 2. The smallest absolute Gasteiger partial charge is 0.260 e. The molecule has 7 heteroatoms. The second kappa shape index (κ2) is 6.44. The van der Waals surface area contributed by atoms with Crippen molar-refractivity contribution in [2.45, 2.75) is 13.3 Å². The van der Waals surface area contributed by atoms with Crippen LogP contribution in [-0.2, 0) is 4.79 Å². The third kappa shape index (κ3) is 3.06. The number of para-hydroxylation sites is 1. The van der Waals surface area contributed by atoms with Crippen LogP contribution in [-0.4, -0.2) is 21.6 Å². The number of nitrogens with zero attached hydrogens (tertiary/aromatic N) is 2. The number of aromatic amines is 1. The van der Waals surface area contributed by atoms with Gasteiger partial charge in [-0.1, -0.05) is 31.2 Å². The number of hydrazone groups is 1. The summed E-state index contributed by atoms with van der Waals surface area (Å²) in [5, 5.41) is 7.82. The lowest BCUT2D eigenvalue weighted by Gasteiger charge is -2.19. The zero-order valence-corrected chi connectivity index (χ0v) is 14.1. The fourth-order valence-corrected chi connectivity index (χ4v) is 3.01. The van der Waals surface area contributed by atoms with Gasteiger partial charge in [0.25, 0.3) is 5.56 Å². The molecule has 1 aliphatic heterocycles. The van der Waals surface area contributed by atoms with E-state index in [1.54, 1.807) is 12.1 Å². The fraction of sp³-hybridized carbons (Fsp3) is 0.158. The summed E-state index contributed by atoms with van der Waals surface area (Å²) in [4.78, 5) is 30.7. The van der Waals surface area contributed by atoms with Crippen molar-refractivity contribution in [2.24, 2.45) is 11.0 Å². The van der Waals surface area contributed by atoms with Gasteiger partial charge >= 0.3 is 0 Å². The van der Waals surface area contributed by atoms with E-state index in [2.05, 4.69) is 25.8 Å². The molecule has 3 aromatic rings. The van der Waals surface area contributed by atoms with Crippen LogP contribution >= 0.6 is 0 Å². The number of hydrogen-bond donors (Lipinski definition) is 3. The van der Waals surface area contributed by atoms with Crippen molar-refractivity contribution < 1.29 is 4.79 Å². The zero-order chi connectivity index (χ0) is 18.1. The average Bonchev–Trinajstić information content (AvgIpc) is 2.63. The number of hydrogen-bond acceptors (Lipinski definition) is 5. The molecule has 2 aromatic carbocycles. The molecule has 0 bridgehead atoms. The van der Waals surface area contributed by atoms with Gasteiger partial charge in [-0.15, -0.1) is 0 Å². The largest absolute Gasteiger partial charge is 0.326 e. The number of rotatable bonds is 3. The number of carbonyl (C=O) groups excluding carboxylic acids is 1. The Morgan fingerprint density at radius 1 is 1.08 bits per heavy atom. The molecule has 1 atom stereocenters. The SMILES string of the molecule is CC1CC(=O)NN=C1c1ccc(Nc2nc3ccccc3c(=O)[nH]2)cc1. The first-order chi connectivity index (χ1) is 12.6. The quantitative estimate of drug-likeness (QED) is 0.678. The molecule has 1 amide bonds. The summed E-state index contributed by atoms with van der Waals surface area (Å²) in [6, 6.07) is 14.8. The number of amides is 1. The van der Waals surface area contributed by atoms with Crippen molar-refractivity contribution in [3.8, 4) is 0 Å². The molecule has 0 aliphatic carbocycles. The first-order valence-electron chi connectivity index (χ1n) is 8.33. The Balaban J connectivity index is 1.58. The molecule has 130 valence electrons. The Hall–Kier alpha value is -3.48. The normalized spacial score (nSPS) is 16.9. The minimum Gasteiger partial charge on any atom is -0.326 e. The monoisotopic (exact) mass is 347 g/mol. The Kier molecular flexibility index (Phi) is 3.96. The summed E-state index contributed by atoms with van der Waals surface area (Å²) < 4.78 is 0. The van der Waals surface area contributed by atoms with Gasteiger partial charge in [0.05, 0.1) is 16.6 Å². The maximum absolute atomic E-state index is 12.1. The standard InChI is InChI=1S/C19H17N5O2/c1-11-10-16(25)23-24-17(11)12-6-8-13(9-7-12)20-19-21-15-5-3-2-4-14(15)18(26)22-19/h2-9,11H,10H2,1H3,(H,23,25)(H2,20,21,22,26). The van der Waals surface area contributed by atoms with Crippen molar-refractivity contribution >= 4 is 34.2 Å². The molecule has 0 spiro atoms. The fourth-order valence-electron chi connectivity index (χ4n) is 3.01. The van der Waals surface area contributed by atoms with Gasteiger partial charge in [-0.3, -0.25) is 14.6 Å². The highest BCUT2D eigenvalue weighted by Crippen LogP contribution is 2.20. The molecule has 26 heavy (non-hydrogen) atoms. The number of fused-ring (bicyclic) bond motifs is 1. The number of benzene rings is 2. The van der Waals surface area contributed by atoms with Gasteiger partial charge in [-0.05, 0) is 29.8 Å². The van der Waals surface area contributed by atoms with Crippen molar-refractivity contribution in [3.05, 3.63) is 64.4 Å². The minimum atomic E-state index is -0.184. The van der Waals surface area contributed by atoms with E-state index < -0.39 is 0 Å². The van der Waals surface area contributed by atoms with Crippen LogP contribution in [0.4, 0.5) is 11.6 Å². The Morgan fingerprint density at radius 2 is 1.85 bits per heavy atom. The molecule has 0 saturated heterocycles. The molecular weight excluding hydrogens is 330 g/mol. The van der Waals surface area contributed by atoms with E-state index in [4.69, 9.17) is 0 Å². The van der Waals surface area contributed by atoms with Crippen LogP contribution in [0.1, 0.15) is 18.9 Å². The molecule has 1 aromatic heterocycles. The number of aromatic nitrogens is 2. The molecule has 2 heterocycles. The molecule has 0 fully saturated rings. The third-order valence-electron chi connectivity index (χ3n) is 4.32. The van der Waals surface area contributed by atoms with Gasteiger partial charge < -0.3 is 5.32 Å². The Bertz CT molecular complexity index is 1070. The predicted octanol–water partition coefficient (Wildman–Crippen LogP) is 2.53. The second-order valence-corrected chi connectivity index (χ2v) is 6.27. The topological polar surface area (TPSA) is 99.2 Å². The van der Waals surface area contributed by atoms with Crippen LogP contribution in [0.5, 0.6) is 0 Å². The Morgan fingerprint density at radius 3 is 2.62 bits per heavy atom. The summed E-state index contributed by atoms with van der Waals surface area (Å²) >= 11 is 0. The third-order valence-corrected chi connectivity index (χ3v) is 4.32. The molecule has 0 saturated carbocycles. The summed E-state index contributed by atoms with van der Waals surface area (Å²) in [6.45, 7) is 1.98. The van der Waals surface area contributed by atoms with Crippen molar-refractivity contribution in [3.63, 3.8) is 0 Å². The van der Waals surface area contributed by atoms with Gasteiger partial charge in [-0.2, -0.15) is 5.10 Å². The number of nitrogens with one attached hydrogen (secondary N) is 3. The van der Waals surface area contributed by atoms with E-state index in [1.165, 1.54) is 0 Å². The van der Waals surface area contributed by atoms with Crippen LogP contribution in [0.2, 0.25) is 0 Å². The second-order valence-electron chi connectivity index (χ2n) is 6.27. The number of H-pyrrole nitrogens is 1. The molecule has 0 radical (unpaired) electrons. The lowest BCUT2D eigenvalue weighted by Crippen LogP contribution is -2.31. The molecule has 3 N–H and O–H groups in total. The van der Waals surface area contributed by atoms with Gasteiger partial charge in [-0.25, -0.2) is 10.4 Å². The molecule has 1 unspecified atom stereocenters. The van der Waals surface area contributed by atoms with Crippen molar-refractivity contribution in [1.82, 2.24) is 15.4 Å². The van der Waals surface area contributed by atoms with Crippen LogP contribution in [0.15, 0.2) is 58.4 Å². The van der Waals surface area contributed by atoms with E-state index in [0.29, 0.717) is 23.3 Å². The van der Waals surface area contributed by atoms with Gasteiger partial charge in [0.2, 0.25) is 11.9 Å². The van der Waals surface area contributed by atoms with Crippen LogP contribution in [0.3, 0.4) is 0 Å². The summed E-state index contributed by atoms with van der Waals surface area (Å²) in [5.41, 5.74) is 5.57. The summed E-state index contributed by atoms with van der Waals surface area (Å²) in [6.07, 6.45) is 0.432. The first-order valence-corrected chi connectivity index (χ1v) is 8.33. The molecule has 7 nitrogen and oxygen atoms in total. The van der Waals surface area contributed by atoms with E-state index in [0.717, 1.165) is 17.0 Å². The summed E-state index contributed by atoms with van der Waals surface area (Å²) in [7, 11) is 0. The minimum absolute atomic E-state index is 0.0640. The molecule has 4 rings (SSSR count). The highest BCUT2D eigenvalue weighted by Gasteiger charge is 2.21. The highest BCUT2D eigenvalue weighted by molar-refractivity contribution is 6.05. The van der Waals surface area contributed by atoms with E-state index in [1.807, 2.05) is 43.3 Å². The van der Waals surface area contributed by atoms with Crippen molar-refractivity contribution in [2.75, 3.05) is 5.32 Å². The highest BCUT2D eigenvalue weighted by atomic mass is 16.2. The van der Waals surface area contributed by atoms with E-state index in [-0.39, 0.29) is 17.4 Å². The van der Waals surface area contributed by atoms with Gasteiger partial charge in [0.1, 0.15) is 0 Å². The van der Waals surface area contributed by atoms with Gasteiger partial charge in [0, 0.05) is 18.0 Å². The lowest BCUT2D eigenvalue weighted by atomic mass is 9.94. The number of carbonyl (C=O) groups is 1. The Labute approximate surface area is 149 Å². The first kappa shape index (κ1) is 16.0. The predicted molar refractivity (Wildman–Crippen MR) is 101 cm³/mol. The molecule has 1 aliphatic rings. The van der Waals surface area contributed by atoms with Crippen molar-refractivity contribution in [1.29, 1.82) is 0 Å². The maximum atomic E-state index is 12.1. The zero-order valence-electron chi connectivity index (χ0n) is 14.1. The van der Waals surface area contributed by atoms with Gasteiger partial charge in [0.15, 0.2) is 0 Å². The maximum Gasteiger partial charge on any atom is 0.260 e. The van der Waals surface area contributed by atoms with E-state index >= 15 is 0 Å². The van der Waals surface area contributed by atoms with Crippen LogP contribution in [0, 0.1) is 5.92 Å². The van der Waals surface area contributed by atoms with Crippen LogP contribution in [0.25, 0.3) is 10.9 Å². The average molecular weight is 347 g/mol. The summed E-state index contributed by atoms with van der Waals surface area (Å²) in [5.74, 6) is 0.393. The van der Waals surface area contributed by atoms with Crippen LogP contribution < -0.4 is 16.3 Å².